The van der Waals surface area contributed by atoms with Crippen molar-refractivity contribution in [2.24, 2.45) is 5.92 Å². The molecule has 146 valence electrons. The molecule has 3 rings (SSSR count). The lowest BCUT2D eigenvalue weighted by Crippen LogP contribution is -2.54. The number of hydrogen-bond donors (Lipinski definition) is 1. The molecule has 1 aliphatic carbocycles. The fourth-order valence-electron chi connectivity index (χ4n) is 3.87. The number of carbonyl (C=O) groups excluding carboxylic acids is 1. The van der Waals surface area contributed by atoms with Crippen molar-refractivity contribution in [1.82, 2.24) is 20.1 Å². The highest BCUT2D eigenvalue weighted by molar-refractivity contribution is 5.85. The second-order valence-electron chi connectivity index (χ2n) is 7.14. The molecule has 1 fully saturated rings. The van der Waals surface area contributed by atoms with Gasteiger partial charge in [-0.15, -0.1) is 0 Å². The van der Waals surface area contributed by atoms with Crippen LogP contribution in [-0.4, -0.2) is 53.0 Å². The van der Waals surface area contributed by atoms with Gasteiger partial charge in [-0.25, -0.2) is 18.4 Å². The number of ether oxygens (including phenoxy) is 2. The van der Waals surface area contributed by atoms with Crippen LogP contribution in [-0.2, 0) is 33.8 Å². The number of alkyl halides is 2. The van der Waals surface area contributed by atoms with Gasteiger partial charge in [0.25, 0.3) is 5.91 Å². The van der Waals surface area contributed by atoms with Crippen LogP contribution in [0.25, 0.3) is 0 Å². The summed E-state index contributed by atoms with van der Waals surface area (Å²) >= 11 is 0. The second-order valence-corrected chi connectivity index (χ2v) is 7.14. The van der Waals surface area contributed by atoms with Crippen LogP contribution in [0.1, 0.15) is 43.8 Å². The van der Waals surface area contributed by atoms with Gasteiger partial charge in [-0.05, 0) is 32.1 Å². The molecular formula is C17H26F2N4O3. The average molecular weight is 372 g/mol. The summed E-state index contributed by atoms with van der Waals surface area (Å²) in [6.07, 6.45) is 0.394. The van der Waals surface area contributed by atoms with E-state index in [0.29, 0.717) is 44.7 Å². The van der Waals surface area contributed by atoms with Gasteiger partial charge in [0.1, 0.15) is 18.0 Å². The molecule has 1 aromatic rings. The lowest BCUT2D eigenvalue weighted by Gasteiger charge is -2.38. The highest BCUT2D eigenvalue weighted by Gasteiger charge is 2.44. The number of hydrogen-bond acceptors (Lipinski definition) is 5. The first-order valence-corrected chi connectivity index (χ1v) is 9.03. The van der Waals surface area contributed by atoms with Crippen LogP contribution >= 0.6 is 0 Å². The van der Waals surface area contributed by atoms with E-state index in [1.165, 1.54) is 7.11 Å². The third kappa shape index (κ3) is 3.88. The summed E-state index contributed by atoms with van der Waals surface area (Å²) in [7, 11) is 3.08. The summed E-state index contributed by atoms with van der Waals surface area (Å²) in [5.41, 5.74) is -1.00. The minimum absolute atomic E-state index is 0.0769. The highest BCUT2D eigenvalue weighted by atomic mass is 19.3. The summed E-state index contributed by atoms with van der Waals surface area (Å²) in [4.78, 5) is 17.2. The van der Waals surface area contributed by atoms with E-state index in [4.69, 9.17) is 9.47 Å². The molecule has 9 heteroatoms. The molecule has 1 amide bonds. The number of fused-ring (bicyclic) bond motifs is 1. The number of halogens is 2. The molecule has 0 saturated heterocycles. The van der Waals surface area contributed by atoms with Gasteiger partial charge in [-0.3, -0.25) is 4.79 Å². The smallest absolute Gasteiger partial charge is 0.252 e. The largest absolute Gasteiger partial charge is 0.377 e. The average Bonchev–Trinajstić information content (AvgIpc) is 3.03. The second kappa shape index (κ2) is 7.96. The van der Waals surface area contributed by atoms with Crippen molar-refractivity contribution in [2.75, 3.05) is 14.2 Å². The van der Waals surface area contributed by atoms with E-state index in [2.05, 4.69) is 15.4 Å². The molecule has 2 aliphatic rings. The monoisotopic (exact) mass is 372 g/mol. The van der Waals surface area contributed by atoms with E-state index in [0.717, 1.165) is 18.7 Å². The number of carbonyl (C=O) groups is 1. The molecule has 7 nitrogen and oxygen atoms in total. The first kappa shape index (κ1) is 19.2. The van der Waals surface area contributed by atoms with E-state index in [-0.39, 0.29) is 11.9 Å². The Morgan fingerprint density at radius 2 is 2.08 bits per heavy atom. The first-order valence-electron chi connectivity index (χ1n) is 9.03. The van der Waals surface area contributed by atoms with Crippen molar-refractivity contribution in [3.63, 3.8) is 0 Å². The number of amides is 1. The van der Waals surface area contributed by atoms with Crippen molar-refractivity contribution < 1.29 is 23.0 Å². The zero-order chi connectivity index (χ0) is 18.7. The van der Waals surface area contributed by atoms with Crippen molar-refractivity contribution in [1.29, 1.82) is 0 Å². The van der Waals surface area contributed by atoms with Gasteiger partial charge >= 0.3 is 0 Å². The maximum Gasteiger partial charge on any atom is 0.252 e. The Labute approximate surface area is 151 Å². The van der Waals surface area contributed by atoms with Crippen molar-refractivity contribution in [2.45, 2.75) is 69.7 Å². The maximum atomic E-state index is 12.9. The van der Waals surface area contributed by atoms with E-state index < -0.39 is 17.9 Å². The van der Waals surface area contributed by atoms with E-state index in [1.807, 2.05) is 0 Å². The molecule has 1 N–H and O–H groups in total. The summed E-state index contributed by atoms with van der Waals surface area (Å²) in [5, 5.41) is 7.43. The number of nitrogens with zero attached hydrogens (tertiary/aromatic N) is 3. The molecule has 0 bridgehead atoms. The number of aryl methyl sites for hydroxylation is 1. The van der Waals surface area contributed by atoms with Gasteiger partial charge in [0.05, 0.1) is 6.54 Å². The zero-order valence-electron chi connectivity index (χ0n) is 15.2. The Morgan fingerprint density at radius 1 is 1.35 bits per heavy atom. The van der Waals surface area contributed by atoms with E-state index in [1.54, 1.807) is 11.8 Å². The topological polar surface area (TPSA) is 78.3 Å². The Morgan fingerprint density at radius 3 is 2.69 bits per heavy atom. The van der Waals surface area contributed by atoms with Gasteiger partial charge in [-0.2, -0.15) is 5.10 Å². The van der Waals surface area contributed by atoms with Crippen molar-refractivity contribution in [3.8, 4) is 0 Å². The van der Waals surface area contributed by atoms with Crippen LogP contribution in [0.2, 0.25) is 0 Å². The predicted octanol–water partition coefficient (Wildman–Crippen LogP) is 1.70. The van der Waals surface area contributed by atoms with E-state index >= 15 is 0 Å². The van der Waals surface area contributed by atoms with Gasteiger partial charge in [0.15, 0.2) is 5.82 Å². The number of nitrogens with one attached hydrogen (secondary N) is 1. The van der Waals surface area contributed by atoms with Gasteiger partial charge in [-0.1, -0.05) is 0 Å². The highest BCUT2D eigenvalue weighted by Crippen LogP contribution is 2.37. The van der Waals surface area contributed by atoms with Crippen LogP contribution in [0, 0.1) is 5.92 Å². The quantitative estimate of drug-likeness (QED) is 0.822. The summed E-state index contributed by atoms with van der Waals surface area (Å²) in [5.74, 6) is 0.672. The lowest BCUT2D eigenvalue weighted by molar-refractivity contribution is -0.151. The van der Waals surface area contributed by atoms with Crippen LogP contribution in [0.15, 0.2) is 0 Å². The molecule has 0 radical (unpaired) electrons. The molecule has 26 heavy (non-hydrogen) atoms. The summed E-state index contributed by atoms with van der Waals surface area (Å²) in [6.45, 7) is 0.895. The van der Waals surface area contributed by atoms with Crippen LogP contribution in [0.3, 0.4) is 0 Å². The summed E-state index contributed by atoms with van der Waals surface area (Å²) < 4.78 is 38.1. The maximum absolute atomic E-state index is 12.9. The minimum Gasteiger partial charge on any atom is -0.377 e. The molecule has 1 aliphatic heterocycles. The normalized spacial score (nSPS) is 28.8. The zero-order valence-corrected chi connectivity index (χ0v) is 15.2. The lowest BCUT2D eigenvalue weighted by atomic mass is 9.78. The van der Waals surface area contributed by atoms with Crippen LogP contribution in [0.4, 0.5) is 8.78 Å². The molecule has 1 saturated carbocycles. The van der Waals surface area contributed by atoms with Gasteiger partial charge in [0.2, 0.25) is 6.43 Å². The Hall–Kier alpha value is -1.61. The van der Waals surface area contributed by atoms with Crippen molar-refractivity contribution >= 4 is 5.91 Å². The molecule has 1 aromatic heterocycles. The first-order chi connectivity index (χ1) is 12.5. The van der Waals surface area contributed by atoms with Gasteiger partial charge in [0, 0.05) is 32.6 Å². The Balaban J connectivity index is 1.60. The van der Waals surface area contributed by atoms with Gasteiger partial charge < -0.3 is 14.8 Å². The fourth-order valence-corrected chi connectivity index (χ4v) is 3.87. The number of rotatable bonds is 6. The summed E-state index contributed by atoms with van der Waals surface area (Å²) in [6, 6.07) is -0.0769. The molecule has 0 spiro atoms. The minimum atomic E-state index is -2.33. The standard InChI is InChI=1S/C17H26F2N4O3/c1-25-10-13-21-14-4-3-12(9-23(14)22-13)20-16(24)17(26-2)7-5-11(6-8-17)15(18)19/h11-12,15H,3-10H2,1-2H3,(H,20,24). The van der Waals surface area contributed by atoms with Crippen LogP contribution < -0.4 is 5.32 Å². The molecule has 2 heterocycles. The number of methoxy groups -OCH3 is 2. The third-order valence-corrected chi connectivity index (χ3v) is 5.51. The number of aromatic nitrogens is 3. The fraction of sp³-hybridized carbons (Fsp3) is 0.824. The third-order valence-electron chi connectivity index (χ3n) is 5.51. The SMILES string of the molecule is COCc1nc2n(n1)CC(NC(=O)C1(OC)CCC(C(F)F)CC1)CC2. The van der Waals surface area contributed by atoms with Crippen molar-refractivity contribution in [3.05, 3.63) is 11.6 Å². The molecular weight excluding hydrogens is 346 g/mol. The molecule has 0 aromatic carbocycles. The predicted molar refractivity (Wildman–Crippen MR) is 88.7 cm³/mol. The Kier molecular flexibility index (Phi) is 5.86. The van der Waals surface area contributed by atoms with E-state index in [9.17, 15) is 13.6 Å². The molecule has 1 atom stereocenters. The van der Waals surface area contributed by atoms with Crippen LogP contribution in [0.5, 0.6) is 0 Å². The Bertz CT molecular complexity index is 630. The molecule has 1 unspecified atom stereocenters.